The molecule has 0 saturated carbocycles. The third-order valence-corrected chi connectivity index (χ3v) is 5.19. The molecule has 6 nitrogen and oxygen atoms in total. The van der Waals surface area contributed by atoms with Gasteiger partial charge in [-0.3, -0.25) is 9.59 Å². The Hall–Kier alpha value is -2.06. The Kier molecular flexibility index (Phi) is 5.14. The van der Waals surface area contributed by atoms with Crippen molar-refractivity contribution in [3.63, 3.8) is 0 Å². The zero-order chi connectivity index (χ0) is 16.1. The molecule has 0 unspecified atom stereocenters. The van der Waals surface area contributed by atoms with Gasteiger partial charge in [0.1, 0.15) is 6.33 Å². The minimum atomic E-state index is -0.0194. The minimum Gasteiger partial charge on any atom is -0.356 e. The van der Waals surface area contributed by atoms with Gasteiger partial charge in [-0.05, 0) is 17.9 Å². The summed E-state index contributed by atoms with van der Waals surface area (Å²) in [5, 5.41) is 10.9. The van der Waals surface area contributed by atoms with Crippen LogP contribution in [-0.2, 0) is 11.2 Å². The first-order chi connectivity index (χ1) is 11.2. The number of ketones is 1. The van der Waals surface area contributed by atoms with E-state index in [2.05, 4.69) is 15.4 Å². The highest BCUT2D eigenvalue weighted by Gasteiger charge is 2.09. The van der Waals surface area contributed by atoms with Gasteiger partial charge in [0.15, 0.2) is 5.78 Å². The van der Waals surface area contributed by atoms with Crippen LogP contribution in [0.4, 0.5) is 0 Å². The number of hydrogen-bond acceptors (Lipinski definition) is 6. The normalized spacial score (nSPS) is 11.0. The zero-order valence-corrected chi connectivity index (χ0v) is 14.0. The number of rotatable bonds is 8. The first kappa shape index (κ1) is 15.8. The Balaban J connectivity index is 1.35. The van der Waals surface area contributed by atoms with Gasteiger partial charge in [-0.15, -0.1) is 22.7 Å². The van der Waals surface area contributed by atoms with Crippen LogP contribution in [0.5, 0.6) is 0 Å². The molecule has 8 heteroatoms. The molecule has 3 heterocycles. The van der Waals surface area contributed by atoms with Crippen LogP contribution in [0, 0.1) is 0 Å². The van der Waals surface area contributed by atoms with Crippen molar-refractivity contribution in [3.05, 3.63) is 39.8 Å². The highest BCUT2D eigenvalue weighted by atomic mass is 32.1. The number of carbonyl (C=O) groups is 2. The molecule has 0 atom stereocenters. The summed E-state index contributed by atoms with van der Waals surface area (Å²) < 4.78 is 1.79. The molecular formula is C15H16N4O2S2. The SMILES string of the molecule is O=C(CCCC(=O)c1cccs1)NCCc1csc2ncnn12. The number of Topliss-reactive ketones (excluding diaryl/α,β-unsaturated/α-hetero) is 1. The molecule has 120 valence electrons. The molecule has 0 aromatic carbocycles. The minimum absolute atomic E-state index is 0.0194. The third-order valence-electron chi connectivity index (χ3n) is 3.40. The van der Waals surface area contributed by atoms with Crippen molar-refractivity contribution < 1.29 is 9.59 Å². The summed E-state index contributed by atoms with van der Waals surface area (Å²) in [6.45, 7) is 0.559. The quantitative estimate of drug-likeness (QED) is 0.635. The van der Waals surface area contributed by atoms with Crippen LogP contribution in [0.25, 0.3) is 4.96 Å². The second kappa shape index (κ2) is 7.47. The summed E-state index contributed by atoms with van der Waals surface area (Å²) in [5.41, 5.74) is 1.04. The average Bonchev–Trinajstić information content (AvgIpc) is 3.26. The molecular weight excluding hydrogens is 332 g/mol. The highest BCUT2D eigenvalue weighted by Crippen LogP contribution is 2.14. The van der Waals surface area contributed by atoms with Gasteiger partial charge in [-0.25, -0.2) is 9.50 Å². The lowest BCUT2D eigenvalue weighted by molar-refractivity contribution is -0.121. The van der Waals surface area contributed by atoms with Crippen LogP contribution in [0.1, 0.15) is 34.6 Å². The van der Waals surface area contributed by atoms with Gasteiger partial charge in [0.2, 0.25) is 10.9 Å². The largest absolute Gasteiger partial charge is 0.356 e. The van der Waals surface area contributed by atoms with E-state index in [1.807, 2.05) is 22.9 Å². The summed E-state index contributed by atoms with van der Waals surface area (Å²) in [6, 6.07) is 3.68. The number of fused-ring (bicyclic) bond motifs is 1. The van der Waals surface area contributed by atoms with Crippen molar-refractivity contribution in [2.24, 2.45) is 0 Å². The maximum Gasteiger partial charge on any atom is 0.220 e. The maximum atomic E-state index is 11.8. The van der Waals surface area contributed by atoms with Gasteiger partial charge in [-0.1, -0.05) is 6.07 Å². The van der Waals surface area contributed by atoms with Crippen molar-refractivity contribution in [2.45, 2.75) is 25.7 Å². The summed E-state index contributed by atoms with van der Waals surface area (Å²) in [4.78, 5) is 29.4. The lowest BCUT2D eigenvalue weighted by Gasteiger charge is -2.04. The van der Waals surface area contributed by atoms with Crippen molar-refractivity contribution in [2.75, 3.05) is 6.54 Å². The van der Waals surface area contributed by atoms with Crippen LogP contribution >= 0.6 is 22.7 Å². The smallest absolute Gasteiger partial charge is 0.220 e. The van der Waals surface area contributed by atoms with E-state index in [0.717, 1.165) is 15.5 Å². The Morgan fingerprint density at radius 2 is 2.17 bits per heavy atom. The van der Waals surface area contributed by atoms with Crippen LogP contribution in [0.15, 0.2) is 29.2 Å². The summed E-state index contributed by atoms with van der Waals surface area (Å²) >= 11 is 2.98. The fourth-order valence-electron chi connectivity index (χ4n) is 2.23. The first-order valence-corrected chi connectivity index (χ1v) is 9.09. The van der Waals surface area contributed by atoms with Gasteiger partial charge in [0, 0.05) is 31.2 Å². The number of thiazole rings is 1. The third kappa shape index (κ3) is 4.02. The Morgan fingerprint density at radius 1 is 1.26 bits per heavy atom. The average molecular weight is 348 g/mol. The van der Waals surface area contributed by atoms with Crippen molar-refractivity contribution >= 4 is 39.3 Å². The number of thiophene rings is 1. The molecule has 0 aliphatic heterocycles. The zero-order valence-electron chi connectivity index (χ0n) is 12.4. The van der Waals surface area contributed by atoms with Gasteiger partial charge < -0.3 is 5.32 Å². The van der Waals surface area contributed by atoms with E-state index in [4.69, 9.17) is 0 Å². The topological polar surface area (TPSA) is 76.4 Å². The van der Waals surface area contributed by atoms with Crippen LogP contribution < -0.4 is 5.32 Å². The Morgan fingerprint density at radius 3 is 3.00 bits per heavy atom. The molecule has 23 heavy (non-hydrogen) atoms. The van der Waals surface area contributed by atoms with E-state index in [-0.39, 0.29) is 11.7 Å². The monoisotopic (exact) mass is 348 g/mol. The number of hydrogen-bond donors (Lipinski definition) is 1. The van der Waals surface area contributed by atoms with Crippen molar-refractivity contribution in [1.82, 2.24) is 19.9 Å². The number of nitrogens with zero attached hydrogens (tertiary/aromatic N) is 3. The number of amides is 1. The lowest BCUT2D eigenvalue weighted by Crippen LogP contribution is -2.25. The summed E-state index contributed by atoms with van der Waals surface area (Å²) in [6.07, 6.45) is 3.60. The molecule has 0 aliphatic carbocycles. The number of nitrogens with one attached hydrogen (secondary N) is 1. The van der Waals surface area contributed by atoms with E-state index in [0.29, 0.717) is 32.2 Å². The van der Waals surface area contributed by atoms with E-state index < -0.39 is 0 Å². The molecule has 1 N–H and O–H groups in total. The van der Waals surface area contributed by atoms with E-state index in [9.17, 15) is 9.59 Å². The molecule has 0 fully saturated rings. The Bertz CT molecular complexity index is 791. The van der Waals surface area contributed by atoms with E-state index in [1.165, 1.54) is 29.0 Å². The van der Waals surface area contributed by atoms with Crippen LogP contribution in [-0.4, -0.2) is 32.8 Å². The first-order valence-electron chi connectivity index (χ1n) is 7.33. The van der Waals surface area contributed by atoms with Crippen LogP contribution in [0.2, 0.25) is 0 Å². The van der Waals surface area contributed by atoms with E-state index >= 15 is 0 Å². The summed E-state index contributed by atoms with van der Waals surface area (Å²) in [5.74, 6) is 0.0914. The van der Waals surface area contributed by atoms with Crippen molar-refractivity contribution in [3.8, 4) is 0 Å². The fraction of sp³-hybridized carbons (Fsp3) is 0.333. The number of carbonyl (C=O) groups excluding carboxylic acids is 2. The Labute approximate surface area is 141 Å². The predicted octanol–water partition coefficient (Wildman–Crippen LogP) is 2.56. The van der Waals surface area contributed by atoms with Gasteiger partial charge >= 0.3 is 0 Å². The van der Waals surface area contributed by atoms with E-state index in [1.54, 1.807) is 4.52 Å². The van der Waals surface area contributed by atoms with Crippen molar-refractivity contribution in [1.29, 1.82) is 0 Å². The molecule has 0 radical (unpaired) electrons. The van der Waals surface area contributed by atoms with Crippen LogP contribution in [0.3, 0.4) is 0 Å². The number of aromatic nitrogens is 3. The summed E-state index contributed by atoms with van der Waals surface area (Å²) in [7, 11) is 0. The molecule has 0 aliphatic rings. The van der Waals surface area contributed by atoms with Gasteiger partial charge in [-0.2, -0.15) is 5.10 Å². The highest BCUT2D eigenvalue weighted by molar-refractivity contribution is 7.15. The molecule has 1 amide bonds. The standard InChI is InChI=1S/C15H16N4O2S2/c20-12(13-4-2-8-22-13)3-1-5-14(21)16-7-6-11-9-23-15-17-10-18-19(11)15/h2,4,8-10H,1,3,5-7H2,(H,16,21). The predicted molar refractivity (Wildman–Crippen MR) is 90.1 cm³/mol. The lowest BCUT2D eigenvalue weighted by atomic mass is 10.1. The maximum absolute atomic E-state index is 11.8. The fourth-order valence-corrected chi connectivity index (χ4v) is 3.76. The van der Waals surface area contributed by atoms with Gasteiger partial charge in [0.25, 0.3) is 0 Å². The molecule has 0 spiro atoms. The second-order valence-electron chi connectivity index (χ2n) is 5.04. The molecule has 0 saturated heterocycles. The molecule has 3 rings (SSSR count). The van der Waals surface area contributed by atoms with Gasteiger partial charge in [0.05, 0.1) is 10.6 Å². The molecule has 3 aromatic rings. The second-order valence-corrected chi connectivity index (χ2v) is 6.82. The molecule has 3 aromatic heterocycles. The molecule has 0 bridgehead atoms.